The van der Waals surface area contributed by atoms with Gasteiger partial charge in [-0.05, 0) is 31.4 Å². The maximum atomic E-state index is 12.4. The summed E-state index contributed by atoms with van der Waals surface area (Å²) < 4.78 is 5.23. The van der Waals surface area contributed by atoms with Gasteiger partial charge in [-0.15, -0.1) is 0 Å². The van der Waals surface area contributed by atoms with Gasteiger partial charge < -0.3 is 10.1 Å². The predicted octanol–water partition coefficient (Wildman–Crippen LogP) is 2.94. The average molecular weight is 377 g/mol. The summed E-state index contributed by atoms with van der Waals surface area (Å²) in [6.45, 7) is 1.92. The number of nitrogens with zero attached hydrogens (tertiary/aromatic N) is 1. The summed E-state index contributed by atoms with van der Waals surface area (Å²) in [6, 6.07) is 3.36. The highest BCUT2D eigenvalue weighted by Gasteiger charge is 2.46. The summed E-state index contributed by atoms with van der Waals surface area (Å²) in [6.07, 6.45) is 5.11. The van der Waals surface area contributed by atoms with Crippen LogP contribution in [-0.4, -0.2) is 36.3 Å². The molecular weight excluding hydrogens is 356 g/mol. The summed E-state index contributed by atoms with van der Waals surface area (Å²) in [5.74, 6) is -0.712. The third kappa shape index (κ3) is 3.46. The van der Waals surface area contributed by atoms with Crippen LogP contribution in [0, 0.1) is 18.8 Å². The van der Waals surface area contributed by atoms with E-state index in [0.29, 0.717) is 29.3 Å². The number of rotatable bonds is 5. The zero-order valence-electron chi connectivity index (χ0n) is 14.8. The van der Waals surface area contributed by atoms with Gasteiger partial charge in [0.1, 0.15) is 5.75 Å². The van der Waals surface area contributed by atoms with E-state index >= 15 is 0 Å². The molecule has 1 aromatic rings. The highest BCUT2D eigenvalue weighted by Crippen LogP contribution is 2.35. The van der Waals surface area contributed by atoms with Crippen LogP contribution in [0.2, 0.25) is 5.02 Å². The molecule has 3 amide bonds. The molecule has 0 aromatic heterocycles. The Bertz CT molecular complexity index is 764. The van der Waals surface area contributed by atoms with E-state index < -0.39 is 0 Å². The Labute approximate surface area is 157 Å². The van der Waals surface area contributed by atoms with Crippen LogP contribution in [-0.2, 0) is 14.4 Å². The van der Waals surface area contributed by atoms with Crippen molar-refractivity contribution in [3.63, 3.8) is 0 Å². The second kappa shape index (κ2) is 7.50. The fourth-order valence-corrected chi connectivity index (χ4v) is 3.60. The number of halogens is 1. The smallest absolute Gasteiger partial charge is 0.233 e. The molecule has 1 aliphatic carbocycles. The second-order valence-electron chi connectivity index (χ2n) is 6.58. The molecule has 138 valence electrons. The Morgan fingerprint density at radius 2 is 1.85 bits per heavy atom. The predicted molar refractivity (Wildman–Crippen MR) is 98.1 cm³/mol. The number of carbonyl (C=O) groups is 3. The lowest BCUT2D eigenvalue weighted by molar-refractivity contribution is -0.140. The van der Waals surface area contributed by atoms with Crippen LogP contribution in [0.1, 0.15) is 24.8 Å². The summed E-state index contributed by atoms with van der Waals surface area (Å²) in [4.78, 5) is 38.3. The first-order valence-corrected chi connectivity index (χ1v) is 8.94. The van der Waals surface area contributed by atoms with Crippen molar-refractivity contribution in [3.8, 4) is 5.75 Å². The summed E-state index contributed by atoms with van der Waals surface area (Å²) in [5.41, 5.74) is 1.32. The lowest BCUT2D eigenvalue weighted by atomic mass is 9.85. The number of hydrogen-bond donors (Lipinski definition) is 1. The number of carbonyl (C=O) groups excluding carboxylic acids is 3. The first kappa shape index (κ1) is 18.5. The van der Waals surface area contributed by atoms with E-state index in [9.17, 15) is 14.4 Å². The van der Waals surface area contributed by atoms with Crippen molar-refractivity contribution in [1.29, 1.82) is 0 Å². The molecule has 3 rings (SSSR count). The number of likely N-dealkylation sites (tertiary alicyclic amines) is 1. The first-order chi connectivity index (χ1) is 12.4. The van der Waals surface area contributed by atoms with Gasteiger partial charge in [0.25, 0.3) is 0 Å². The Morgan fingerprint density at radius 1 is 1.23 bits per heavy atom. The summed E-state index contributed by atoms with van der Waals surface area (Å²) in [7, 11) is 1.49. The number of imide groups is 1. The van der Waals surface area contributed by atoms with Crippen LogP contribution in [0.15, 0.2) is 24.3 Å². The van der Waals surface area contributed by atoms with Gasteiger partial charge in [-0.2, -0.15) is 0 Å². The Hall–Kier alpha value is -2.34. The van der Waals surface area contributed by atoms with E-state index in [1.54, 1.807) is 12.1 Å². The fourth-order valence-electron chi connectivity index (χ4n) is 3.45. The third-order valence-corrected chi connectivity index (χ3v) is 5.32. The van der Waals surface area contributed by atoms with Crippen molar-refractivity contribution in [1.82, 2.24) is 4.90 Å². The van der Waals surface area contributed by atoms with Crippen molar-refractivity contribution in [2.45, 2.75) is 26.2 Å². The topological polar surface area (TPSA) is 75.7 Å². The monoisotopic (exact) mass is 376 g/mol. The van der Waals surface area contributed by atoms with Gasteiger partial charge in [-0.25, -0.2) is 0 Å². The number of benzene rings is 1. The molecule has 2 atom stereocenters. The SMILES string of the molecule is COc1cc(Cl)c(C)cc1NC(=O)CCN1C(=O)[C@H]2CC=CC[C@H]2C1=O. The molecule has 0 saturated carbocycles. The zero-order valence-corrected chi connectivity index (χ0v) is 15.5. The van der Waals surface area contributed by atoms with Gasteiger partial charge in [0.05, 0.1) is 24.6 Å². The van der Waals surface area contributed by atoms with Gasteiger partial charge in [0.2, 0.25) is 17.7 Å². The molecule has 6 nitrogen and oxygen atoms in total. The van der Waals surface area contributed by atoms with Gasteiger partial charge in [0, 0.05) is 24.1 Å². The number of ether oxygens (including phenoxy) is 1. The lowest BCUT2D eigenvalue weighted by Crippen LogP contribution is -2.34. The summed E-state index contributed by atoms with van der Waals surface area (Å²) in [5, 5.41) is 3.31. The molecule has 0 spiro atoms. The molecule has 0 bridgehead atoms. The van der Waals surface area contributed by atoms with Crippen LogP contribution in [0.3, 0.4) is 0 Å². The second-order valence-corrected chi connectivity index (χ2v) is 6.99. The molecule has 1 fully saturated rings. The van der Waals surface area contributed by atoms with Crippen LogP contribution < -0.4 is 10.1 Å². The van der Waals surface area contributed by atoms with Gasteiger partial charge in [0.15, 0.2) is 0 Å². The number of hydrogen-bond acceptors (Lipinski definition) is 4. The largest absolute Gasteiger partial charge is 0.495 e. The lowest BCUT2D eigenvalue weighted by Gasteiger charge is -2.15. The molecular formula is C19H21ClN2O4. The standard InChI is InChI=1S/C19H21ClN2O4/c1-11-9-15(16(26-2)10-14(11)20)21-17(23)7-8-22-18(24)12-5-3-4-6-13(12)19(22)25/h3-4,9-10,12-13H,5-8H2,1-2H3,(H,21,23)/t12-,13+. The first-order valence-electron chi connectivity index (χ1n) is 8.56. The fraction of sp³-hybridized carbons (Fsp3) is 0.421. The van der Waals surface area contributed by atoms with E-state index in [4.69, 9.17) is 16.3 Å². The number of nitrogens with one attached hydrogen (secondary N) is 1. The minimum absolute atomic E-state index is 0.0369. The van der Waals surface area contributed by atoms with Crippen molar-refractivity contribution in [2.24, 2.45) is 11.8 Å². The number of anilines is 1. The Morgan fingerprint density at radius 3 is 2.42 bits per heavy atom. The Kier molecular flexibility index (Phi) is 5.32. The quantitative estimate of drug-likeness (QED) is 0.633. The van der Waals surface area contributed by atoms with Crippen LogP contribution >= 0.6 is 11.6 Å². The molecule has 0 radical (unpaired) electrons. The number of allylic oxidation sites excluding steroid dienone is 2. The summed E-state index contributed by atoms with van der Waals surface area (Å²) >= 11 is 6.06. The van der Waals surface area contributed by atoms with Crippen molar-refractivity contribution in [3.05, 3.63) is 34.9 Å². The van der Waals surface area contributed by atoms with E-state index in [2.05, 4.69) is 5.32 Å². The molecule has 0 unspecified atom stereocenters. The molecule has 2 aliphatic rings. The molecule has 1 saturated heterocycles. The zero-order chi connectivity index (χ0) is 18.8. The molecule has 26 heavy (non-hydrogen) atoms. The third-order valence-electron chi connectivity index (χ3n) is 4.92. The van der Waals surface area contributed by atoms with Crippen molar-refractivity contribution < 1.29 is 19.1 Å². The van der Waals surface area contributed by atoms with Gasteiger partial charge in [-0.1, -0.05) is 23.8 Å². The van der Waals surface area contributed by atoms with Crippen LogP contribution in [0.4, 0.5) is 5.69 Å². The minimum atomic E-state index is -0.293. The minimum Gasteiger partial charge on any atom is -0.495 e. The van der Waals surface area contributed by atoms with Crippen molar-refractivity contribution in [2.75, 3.05) is 19.0 Å². The highest BCUT2D eigenvalue weighted by molar-refractivity contribution is 6.31. The van der Waals surface area contributed by atoms with Gasteiger partial charge in [-0.3, -0.25) is 19.3 Å². The molecule has 1 N–H and O–H groups in total. The van der Waals surface area contributed by atoms with Crippen LogP contribution in [0.25, 0.3) is 0 Å². The molecule has 1 heterocycles. The normalized spacial score (nSPS) is 21.7. The van der Waals surface area contributed by atoms with E-state index in [0.717, 1.165) is 5.56 Å². The maximum Gasteiger partial charge on any atom is 0.233 e. The molecule has 7 heteroatoms. The Balaban J connectivity index is 1.62. The van der Waals surface area contributed by atoms with E-state index in [-0.39, 0.29) is 42.5 Å². The number of methoxy groups -OCH3 is 1. The van der Waals surface area contributed by atoms with E-state index in [1.165, 1.54) is 12.0 Å². The number of amides is 3. The number of aryl methyl sites for hydroxylation is 1. The van der Waals surface area contributed by atoms with Crippen molar-refractivity contribution >= 4 is 35.0 Å². The van der Waals surface area contributed by atoms with Gasteiger partial charge >= 0.3 is 0 Å². The van der Waals surface area contributed by atoms with Crippen LogP contribution in [0.5, 0.6) is 5.75 Å². The van der Waals surface area contributed by atoms with E-state index in [1.807, 2.05) is 19.1 Å². The maximum absolute atomic E-state index is 12.4. The molecule has 1 aliphatic heterocycles. The molecule has 1 aromatic carbocycles. The average Bonchev–Trinajstić information content (AvgIpc) is 2.87. The number of fused-ring (bicyclic) bond motifs is 1. The highest BCUT2D eigenvalue weighted by atomic mass is 35.5.